The first-order chi connectivity index (χ1) is 19.3. The molecule has 3 fully saturated rings. The highest BCUT2D eigenvalue weighted by Gasteiger charge is 2.45. The molecule has 0 bridgehead atoms. The summed E-state index contributed by atoms with van der Waals surface area (Å²) in [5.41, 5.74) is 2.05. The molecule has 4 amide bonds. The van der Waals surface area contributed by atoms with E-state index in [4.69, 9.17) is 4.74 Å². The Bertz CT molecular complexity index is 1380. The number of likely N-dealkylation sites (tertiary alicyclic amines) is 1. The Morgan fingerprint density at radius 2 is 1.90 bits per heavy atom. The lowest BCUT2D eigenvalue weighted by atomic mass is 10.0. The normalized spacial score (nSPS) is 24.2. The van der Waals surface area contributed by atoms with Crippen LogP contribution < -0.4 is 10.6 Å². The van der Waals surface area contributed by atoms with Gasteiger partial charge in [0.05, 0.1) is 23.8 Å². The van der Waals surface area contributed by atoms with E-state index in [0.29, 0.717) is 23.8 Å². The third-order valence-corrected chi connectivity index (χ3v) is 8.19. The van der Waals surface area contributed by atoms with Crippen LogP contribution in [0.2, 0.25) is 0 Å². The van der Waals surface area contributed by atoms with Gasteiger partial charge in [0.15, 0.2) is 0 Å². The van der Waals surface area contributed by atoms with Gasteiger partial charge in [-0.1, -0.05) is 18.2 Å². The average Bonchev–Trinajstić information content (AvgIpc) is 3.15. The number of fused-ring (bicyclic) bond motifs is 1. The summed E-state index contributed by atoms with van der Waals surface area (Å²) < 4.78 is 20.7. The second-order valence-electron chi connectivity index (χ2n) is 11.0. The second kappa shape index (κ2) is 10.7. The lowest BCUT2D eigenvalue weighted by Gasteiger charge is -2.47. The molecule has 6 rings (SSSR count). The molecule has 1 unspecified atom stereocenters. The summed E-state index contributed by atoms with van der Waals surface area (Å²) in [6, 6.07) is 9.51. The second-order valence-corrected chi connectivity index (χ2v) is 11.0. The molecule has 210 valence electrons. The highest BCUT2D eigenvalue weighted by molar-refractivity contribution is 6.25. The minimum Gasteiger partial charge on any atom is -0.380 e. The van der Waals surface area contributed by atoms with Crippen molar-refractivity contribution >= 4 is 29.3 Å². The number of morpholine rings is 1. The molecule has 4 aliphatic rings. The predicted molar refractivity (Wildman–Crippen MR) is 143 cm³/mol. The number of anilines is 1. The Morgan fingerprint density at radius 1 is 1.07 bits per heavy atom. The Balaban J connectivity index is 1.08. The summed E-state index contributed by atoms with van der Waals surface area (Å²) in [4.78, 5) is 55.9. The van der Waals surface area contributed by atoms with E-state index in [0.717, 1.165) is 43.2 Å². The van der Waals surface area contributed by atoms with Crippen LogP contribution in [0.3, 0.4) is 0 Å². The fourth-order valence-electron chi connectivity index (χ4n) is 6.02. The van der Waals surface area contributed by atoms with E-state index in [9.17, 15) is 19.2 Å². The van der Waals surface area contributed by atoms with Gasteiger partial charge in [-0.3, -0.25) is 39.2 Å². The highest BCUT2D eigenvalue weighted by Crippen LogP contribution is 2.33. The highest BCUT2D eigenvalue weighted by atomic mass is 19.1. The van der Waals surface area contributed by atoms with Gasteiger partial charge in [0.25, 0.3) is 11.8 Å². The van der Waals surface area contributed by atoms with Crippen molar-refractivity contribution in [3.8, 4) is 0 Å². The van der Waals surface area contributed by atoms with Gasteiger partial charge >= 0.3 is 0 Å². The van der Waals surface area contributed by atoms with Crippen molar-refractivity contribution in [2.24, 2.45) is 0 Å². The molecular weight excluding hydrogens is 517 g/mol. The Labute approximate surface area is 231 Å². The molecule has 0 aliphatic carbocycles. The zero-order valence-corrected chi connectivity index (χ0v) is 22.3. The van der Waals surface area contributed by atoms with Gasteiger partial charge in [-0.25, -0.2) is 4.39 Å². The minimum atomic E-state index is -1.04. The van der Waals surface area contributed by atoms with E-state index in [-0.39, 0.29) is 42.4 Å². The number of amides is 4. The molecule has 40 heavy (non-hydrogen) atoms. The number of hydrogen-bond donors (Lipinski definition) is 2. The fraction of sp³-hybridized carbons (Fsp3) is 0.448. The average molecular weight is 550 g/mol. The van der Waals surface area contributed by atoms with Gasteiger partial charge < -0.3 is 10.1 Å². The maximum absolute atomic E-state index is 15.0. The van der Waals surface area contributed by atoms with Gasteiger partial charge in [0.1, 0.15) is 11.9 Å². The van der Waals surface area contributed by atoms with Gasteiger partial charge in [0.2, 0.25) is 11.8 Å². The van der Waals surface area contributed by atoms with Crippen LogP contribution in [-0.4, -0.2) is 89.3 Å². The molecular formula is C29H32FN5O5. The number of nitrogens with zero attached hydrogens (tertiary/aromatic N) is 3. The fourth-order valence-corrected chi connectivity index (χ4v) is 6.02. The summed E-state index contributed by atoms with van der Waals surface area (Å²) in [7, 11) is 0. The number of piperidine rings is 1. The third kappa shape index (κ3) is 5.00. The molecule has 0 saturated carbocycles. The first-order valence-corrected chi connectivity index (χ1v) is 13.7. The SMILES string of the molecule is C[C@H]1CN(C2CN(Cc3ccc(CNc4cccc5c4C(=O)N(C4CCC(=O)NC4=O)C5=O)c(F)c3)C2)CCO1. The molecule has 0 radical (unpaired) electrons. The maximum Gasteiger partial charge on any atom is 0.264 e. The standard InChI is InChI=1S/C29H32FN5O5/c1-17-13-34(9-10-40-17)20-15-33(16-20)14-18-5-6-19(22(30)11-18)12-31-23-4-2-3-21-26(23)29(39)35(28(21)38)24-7-8-25(36)32-27(24)37/h2-6,11,17,20,24,31H,7-10,12-16H2,1H3,(H,32,36,37)/t17-,24?/m0/s1. The van der Waals surface area contributed by atoms with E-state index in [1.807, 2.05) is 6.07 Å². The summed E-state index contributed by atoms with van der Waals surface area (Å²) in [5, 5.41) is 5.30. The predicted octanol–water partition coefficient (Wildman–Crippen LogP) is 1.74. The van der Waals surface area contributed by atoms with Crippen molar-refractivity contribution in [1.82, 2.24) is 20.0 Å². The van der Waals surface area contributed by atoms with Gasteiger partial charge in [0, 0.05) is 63.0 Å². The van der Waals surface area contributed by atoms with E-state index in [1.54, 1.807) is 24.3 Å². The lowest BCUT2D eigenvalue weighted by molar-refractivity contribution is -0.136. The maximum atomic E-state index is 15.0. The summed E-state index contributed by atoms with van der Waals surface area (Å²) in [6.07, 6.45) is 0.397. The topological polar surface area (TPSA) is 111 Å². The van der Waals surface area contributed by atoms with E-state index in [2.05, 4.69) is 27.4 Å². The van der Waals surface area contributed by atoms with E-state index in [1.165, 1.54) is 6.07 Å². The van der Waals surface area contributed by atoms with Gasteiger partial charge in [-0.05, 0) is 37.1 Å². The van der Waals surface area contributed by atoms with Crippen molar-refractivity contribution in [2.45, 2.75) is 51.0 Å². The van der Waals surface area contributed by atoms with Crippen LogP contribution in [0.4, 0.5) is 10.1 Å². The number of carbonyl (C=O) groups excluding carboxylic acids is 4. The molecule has 2 N–H and O–H groups in total. The van der Waals surface area contributed by atoms with Crippen LogP contribution in [-0.2, 0) is 27.4 Å². The Morgan fingerprint density at radius 3 is 2.65 bits per heavy atom. The first-order valence-electron chi connectivity index (χ1n) is 13.7. The number of imide groups is 2. The molecule has 2 aromatic rings. The molecule has 2 atom stereocenters. The number of carbonyl (C=O) groups is 4. The van der Waals surface area contributed by atoms with Crippen LogP contribution in [0.1, 0.15) is 51.6 Å². The largest absolute Gasteiger partial charge is 0.380 e. The Hall–Kier alpha value is -3.67. The number of halogens is 1. The molecule has 4 aliphatic heterocycles. The van der Waals surface area contributed by atoms with Crippen LogP contribution in [0.25, 0.3) is 0 Å². The van der Waals surface area contributed by atoms with Gasteiger partial charge in [-0.2, -0.15) is 0 Å². The smallest absolute Gasteiger partial charge is 0.264 e. The molecule has 0 spiro atoms. The molecule has 2 aromatic carbocycles. The lowest BCUT2D eigenvalue weighted by Crippen LogP contribution is -2.61. The summed E-state index contributed by atoms with van der Waals surface area (Å²) in [5.74, 6) is -2.61. The van der Waals surface area contributed by atoms with Crippen LogP contribution in [0.15, 0.2) is 36.4 Å². The zero-order chi connectivity index (χ0) is 28.0. The van der Waals surface area contributed by atoms with Gasteiger partial charge in [-0.15, -0.1) is 0 Å². The molecule has 10 nitrogen and oxygen atoms in total. The van der Waals surface area contributed by atoms with Crippen molar-refractivity contribution in [3.05, 3.63) is 64.5 Å². The first kappa shape index (κ1) is 26.5. The minimum absolute atomic E-state index is 0.0513. The molecule has 3 saturated heterocycles. The van der Waals surface area contributed by atoms with Crippen molar-refractivity contribution in [1.29, 1.82) is 0 Å². The Kier molecular flexibility index (Phi) is 7.11. The monoisotopic (exact) mass is 549 g/mol. The van der Waals surface area contributed by atoms with E-state index < -0.39 is 29.7 Å². The van der Waals surface area contributed by atoms with Crippen molar-refractivity contribution in [3.63, 3.8) is 0 Å². The number of rotatable bonds is 7. The third-order valence-electron chi connectivity index (χ3n) is 8.19. The zero-order valence-electron chi connectivity index (χ0n) is 22.3. The van der Waals surface area contributed by atoms with Crippen LogP contribution in [0.5, 0.6) is 0 Å². The number of benzene rings is 2. The summed E-state index contributed by atoms with van der Waals surface area (Å²) in [6.45, 7) is 7.49. The van der Waals surface area contributed by atoms with E-state index >= 15 is 4.39 Å². The number of hydrogen-bond acceptors (Lipinski definition) is 8. The molecule has 0 aromatic heterocycles. The van der Waals surface area contributed by atoms with Crippen molar-refractivity contribution in [2.75, 3.05) is 38.1 Å². The van der Waals surface area contributed by atoms with Crippen LogP contribution in [0, 0.1) is 5.82 Å². The molecule has 11 heteroatoms. The van der Waals surface area contributed by atoms with Crippen molar-refractivity contribution < 1.29 is 28.3 Å². The molecule has 4 heterocycles. The quantitative estimate of drug-likeness (QED) is 0.503. The number of nitrogens with one attached hydrogen (secondary N) is 2. The van der Waals surface area contributed by atoms with Crippen LogP contribution >= 0.6 is 0 Å². The summed E-state index contributed by atoms with van der Waals surface area (Å²) >= 11 is 0. The number of ether oxygens (including phenoxy) is 1.